The molecule has 0 saturated heterocycles. The molecular weight excluding hydrogens is 322 g/mol. The van der Waals surface area contributed by atoms with Crippen molar-refractivity contribution in [1.29, 1.82) is 0 Å². The van der Waals surface area contributed by atoms with E-state index in [9.17, 15) is 9.59 Å². The highest BCUT2D eigenvalue weighted by molar-refractivity contribution is 7.99. The van der Waals surface area contributed by atoms with Crippen LogP contribution < -0.4 is 5.32 Å². The van der Waals surface area contributed by atoms with Crippen LogP contribution in [-0.4, -0.2) is 29.8 Å². The van der Waals surface area contributed by atoms with Crippen LogP contribution >= 0.6 is 11.8 Å². The van der Waals surface area contributed by atoms with Crippen molar-refractivity contribution in [3.05, 3.63) is 29.8 Å². The molecule has 1 N–H and O–H groups in total. The molecule has 1 amide bonds. The van der Waals surface area contributed by atoms with Crippen LogP contribution in [0.25, 0.3) is 0 Å². The van der Waals surface area contributed by atoms with Crippen molar-refractivity contribution in [2.24, 2.45) is 0 Å². The molecule has 4 nitrogen and oxygen atoms in total. The van der Waals surface area contributed by atoms with Gasteiger partial charge in [-0.1, -0.05) is 37.0 Å². The lowest BCUT2D eigenvalue weighted by Gasteiger charge is -2.24. The fraction of sp³-hybridized carbons (Fsp3) is 0.579. The monoisotopic (exact) mass is 349 g/mol. The summed E-state index contributed by atoms with van der Waals surface area (Å²) in [7, 11) is 0. The highest BCUT2D eigenvalue weighted by atomic mass is 32.2. The van der Waals surface area contributed by atoms with Crippen LogP contribution in [0.5, 0.6) is 0 Å². The molecule has 0 radical (unpaired) electrons. The number of ether oxygens (including phenoxy) is 1. The SMILES string of the molecule is Cc1ccc(SCCC(=O)O[C@H](C)C(=O)NC2CCCCC2)cc1. The van der Waals surface area contributed by atoms with E-state index in [1.165, 1.54) is 12.0 Å². The number of aryl methyl sites for hydroxylation is 1. The lowest BCUT2D eigenvalue weighted by molar-refractivity contribution is -0.154. The summed E-state index contributed by atoms with van der Waals surface area (Å²) in [4.78, 5) is 25.1. The van der Waals surface area contributed by atoms with Crippen molar-refractivity contribution >= 4 is 23.6 Å². The molecule has 1 atom stereocenters. The van der Waals surface area contributed by atoms with Crippen molar-refractivity contribution in [2.45, 2.75) is 69.4 Å². The van der Waals surface area contributed by atoms with Gasteiger partial charge in [0.05, 0.1) is 6.42 Å². The van der Waals surface area contributed by atoms with Crippen LogP contribution in [0.15, 0.2) is 29.2 Å². The molecule has 1 saturated carbocycles. The fourth-order valence-corrected chi connectivity index (χ4v) is 3.59. The standard InChI is InChI=1S/C19H27NO3S/c1-14-8-10-17(11-9-14)24-13-12-18(21)23-15(2)19(22)20-16-6-4-3-5-7-16/h8-11,15-16H,3-7,12-13H2,1-2H3,(H,20,22)/t15-/m1/s1. The van der Waals surface area contributed by atoms with Crippen LogP contribution in [0, 0.1) is 6.92 Å². The molecule has 0 heterocycles. The van der Waals surface area contributed by atoms with Crippen LogP contribution in [0.2, 0.25) is 0 Å². The number of amides is 1. The molecule has 1 aromatic rings. The first-order chi connectivity index (χ1) is 11.5. The molecule has 1 aliphatic carbocycles. The number of carbonyl (C=O) groups is 2. The van der Waals surface area contributed by atoms with E-state index in [-0.39, 0.29) is 17.9 Å². The number of benzene rings is 1. The normalized spacial score (nSPS) is 16.4. The Balaban J connectivity index is 1.65. The minimum Gasteiger partial charge on any atom is -0.453 e. The van der Waals surface area contributed by atoms with E-state index >= 15 is 0 Å². The molecule has 0 spiro atoms. The van der Waals surface area contributed by atoms with Gasteiger partial charge in [-0.25, -0.2) is 0 Å². The second-order valence-corrected chi connectivity index (χ2v) is 7.56. The summed E-state index contributed by atoms with van der Waals surface area (Å²) in [5, 5.41) is 2.99. The predicted octanol–water partition coefficient (Wildman–Crippen LogP) is 3.86. The number of nitrogens with one attached hydrogen (secondary N) is 1. The summed E-state index contributed by atoms with van der Waals surface area (Å²) in [5.41, 5.74) is 1.22. The maximum Gasteiger partial charge on any atom is 0.307 e. The van der Waals surface area contributed by atoms with Crippen molar-refractivity contribution in [1.82, 2.24) is 5.32 Å². The Kier molecular flexibility index (Phi) is 7.63. The summed E-state index contributed by atoms with van der Waals surface area (Å²) in [6.45, 7) is 3.69. The zero-order chi connectivity index (χ0) is 17.4. The molecule has 2 rings (SSSR count). The van der Waals surface area contributed by atoms with E-state index in [2.05, 4.69) is 17.4 Å². The van der Waals surface area contributed by atoms with Gasteiger partial charge in [-0.2, -0.15) is 0 Å². The summed E-state index contributed by atoms with van der Waals surface area (Å²) in [6.07, 6.45) is 5.21. The first kappa shape index (κ1) is 18.8. The quantitative estimate of drug-likeness (QED) is 0.600. The van der Waals surface area contributed by atoms with Crippen LogP contribution in [0.4, 0.5) is 0 Å². The van der Waals surface area contributed by atoms with E-state index in [1.54, 1.807) is 18.7 Å². The maximum absolute atomic E-state index is 12.1. The molecular formula is C19H27NO3S. The number of esters is 1. The van der Waals surface area contributed by atoms with Gasteiger partial charge in [-0.05, 0) is 38.8 Å². The maximum atomic E-state index is 12.1. The van der Waals surface area contributed by atoms with Gasteiger partial charge in [0, 0.05) is 16.7 Å². The molecule has 1 aliphatic rings. The molecule has 1 aromatic carbocycles. The highest BCUT2D eigenvalue weighted by Gasteiger charge is 2.22. The van der Waals surface area contributed by atoms with Crippen molar-refractivity contribution < 1.29 is 14.3 Å². The number of carbonyl (C=O) groups excluding carboxylic acids is 2. The van der Waals surface area contributed by atoms with Crippen molar-refractivity contribution in [3.8, 4) is 0 Å². The average molecular weight is 349 g/mol. The van der Waals surface area contributed by atoms with Gasteiger partial charge < -0.3 is 10.1 Å². The van der Waals surface area contributed by atoms with Crippen LogP contribution in [0.1, 0.15) is 51.0 Å². The van der Waals surface area contributed by atoms with E-state index < -0.39 is 6.10 Å². The Labute approximate surface area is 148 Å². The average Bonchev–Trinajstić information content (AvgIpc) is 2.57. The molecule has 1 fully saturated rings. The summed E-state index contributed by atoms with van der Waals surface area (Å²) >= 11 is 1.62. The second-order valence-electron chi connectivity index (χ2n) is 6.39. The summed E-state index contributed by atoms with van der Waals surface area (Å²) in [5.74, 6) is 0.154. The zero-order valence-corrected chi connectivity index (χ0v) is 15.4. The largest absolute Gasteiger partial charge is 0.453 e. The molecule has 5 heteroatoms. The third kappa shape index (κ3) is 6.56. The van der Waals surface area contributed by atoms with Gasteiger partial charge in [0.15, 0.2) is 6.10 Å². The number of rotatable bonds is 7. The van der Waals surface area contributed by atoms with Crippen LogP contribution in [-0.2, 0) is 14.3 Å². The van der Waals surface area contributed by atoms with Crippen molar-refractivity contribution in [3.63, 3.8) is 0 Å². The molecule has 24 heavy (non-hydrogen) atoms. The second kappa shape index (κ2) is 9.72. The zero-order valence-electron chi connectivity index (χ0n) is 14.5. The third-order valence-corrected chi connectivity index (χ3v) is 5.24. The molecule has 132 valence electrons. The molecule has 0 aromatic heterocycles. The molecule has 0 aliphatic heterocycles. The highest BCUT2D eigenvalue weighted by Crippen LogP contribution is 2.20. The number of hydrogen-bond donors (Lipinski definition) is 1. The van der Waals surface area contributed by atoms with E-state index in [0.29, 0.717) is 12.2 Å². The smallest absolute Gasteiger partial charge is 0.307 e. The Bertz CT molecular complexity index is 538. The van der Waals surface area contributed by atoms with E-state index in [0.717, 1.165) is 30.6 Å². The lowest BCUT2D eigenvalue weighted by atomic mass is 9.95. The minimum absolute atomic E-state index is 0.179. The third-order valence-electron chi connectivity index (χ3n) is 4.22. The van der Waals surface area contributed by atoms with Gasteiger partial charge >= 0.3 is 5.97 Å². The van der Waals surface area contributed by atoms with Gasteiger partial charge in [0.1, 0.15) is 0 Å². The fourth-order valence-electron chi connectivity index (χ4n) is 2.76. The first-order valence-corrected chi connectivity index (χ1v) is 9.72. The molecule has 0 bridgehead atoms. The van der Waals surface area contributed by atoms with E-state index in [4.69, 9.17) is 4.74 Å². The van der Waals surface area contributed by atoms with Gasteiger partial charge in [-0.3, -0.25) is 9.59 Å². The van der Waals surface area contributed by atoms with Gasteiger partial charge in [0.25, 0.3) is 5.91 Å². The first-order valence-electron chi connectivity index (χ1n) is 8.74. The predicted molar refractivity (Wildman–Crippen MR) is 97.1 cm³/mol. The van der Waals surface area contributed by atoms with Gasteiger partial charge in [0.2, 0.25) is 0 Å². The number of hydrogen-bond acceptors (Lipinski definition) is 4. The Hall–Kier alpha value is -1.49. The number of thioether (sulfide) groups is 1. The Morgan fingerprint density at radius 3 is 2.54 bits per heavy atom. The summed E-state index contributed by atoms with van der Waals surface area (Å²) < 4.78 is 5.25. The van der Waals surface area contributed by atoms with E-state index in [1.807, 2.05) is 19.1 Å². The summed E-state index contributed by atoms with van der Waals surface area (Å²) in [6, 6.07) is 8.44. The van der Waals surface area contributed by atoms with Gasteiger partial charge in [-0.15, -0.1) is 11.8 Å². The molecule has 0 unspecified atom stereocenters. The Morgan fingerprint density at radius 2 is 1.88 bits per heavy atom. The van der Waals surface area contributed by atoms with Crippen molar-refractivity contribution in [2.75, 3.05) is 5.75 Å². The topological polar surface area (TPSA) is 55.4 Å². The Morgan fingerprint density at radius 1 is 1.21 bits per heavy atom. The van der Waals surface area contributed by atoms with Crippen LogP contribution in [0.3, 0.4) is 0 Å². The minimum atomic E-state index is -0.719. The lowest BCUT2D eigenvalue weighted by Crippen LogP contribution is -2.42.